The second-order valence-corrected chi connectivity index (χ2v) is 7.32. The quantitative estimate of drug-likeness (QED) is 0.849. The molecule has 1 amide bonds. The van der Waals surface area contributed by atoms with Crippen molar-refractivity contribution < 1.29 is 13.9 Å². The molecule has 4 nitrogen and oxygen atoms in total. The van der Waals surface area contributed by atoms with Gasteiger partial charge in [0.15, 0.2) is 0 Å². The van der Waals surface area contributed by atoms with Crippen LogP contribution in [0.1, 0.15) is 29.5 Å². The third kappa shape index (κ3) is 3.47. The highest BCUT2D eigenvalue weighted by Gasteiger charge is 2.43. The summed E-state index contributed by atoms with van der Waals surface area (Å²) in [7, 11) is 0. The van der Waals surface area contributed by atoms with Crippen LogP contribution in [0.5, 0.6) is 5.75 Å². The first-order valence-corrected chi connectivity index (χ1v) is 9.28. The van der Waals surface area contributed by atoms with Gasteiger partial charge in [-0.05, 0) is 48.2 Å². The molecule has 0 saturated carbocycles. The number of hydrogen-bond donors (Lipinski definition) is 1. The molecule has 0 aliphatic carbocycles. The van der Waals surface area contributed by atoms with Crippen molar-refractivity contribution >= 4 is 12.0 Å². The van der Waals surface area contributed by atoms with Crippen molar-refractivity contribution in [1.82, 2.24) is 4.90 Å². The Balaban J connectivity index is 1.43. The normalized spacial score (nSPS) is 17.9. The minimum absolute atomic E-state index is 0.0242. The van der Waals surface area contributed by atoms with E-state index in [1.807, 2.05) is 17.0 Å². The average molecular weight is 366 g/mol. The van der Waals surface area contributed by atoms with Crippen LogP contribution in [-0.2, 0) is 16.8 Å². The molecule has 4 rings (SSSR count). The molecule has 2 aliphatic heterocycles. The Morgan fingerprint density at radius 1 is 1.22 bits per heavy atom. The Morgan fingerprint density at radius 2 is 2.04 bits per heavy atom. The molecule has 0 aromatic heterocycles. The van der Waals surface area contributed by atoms with Crippen LogP contribution in [0.15, 0.2) is 48.5 Å². The molecule has 2 heterocycles. The van der Waals surface area contributed by atoms with Crippen LogP contribution in [-0.4, -0.2) is 30.5 Å². The van der Waals surface area contributed by atoms with Gasteiger partial charge in [0.05, 0.1) is 6.61 Å². The smallest absolute Gasteiger partial charge is 0.246 e. The second kappa shape index (κ2) is 7.16. The molecule has 0 bridgehead atoms. The van der Waals surface area contributed by atoms with Crippen LogP contribution in [0.25, 0.3) is 6.08 Å². The summed E-state index contributed by atoms with van der Waals surface area (Å²) in [5.74, 6) is 0.600. The number of halogens is 1. The first-order valence-electron chi connectivity index (χ1n) is 9.28. The Hall–Kier alpha value is -2.66. The van der Waals surface area contributed by atoms with Gasteiger partial charge >= 0.3 is 0 Å². The van der Waals surface area contributed by atoms with Crippen molar-refractivity contribution in [2.24, 2.45) is 5.73 Å². The molecule has 0 atom stereocenters. The fraction of sp³-hybridized carbons (Fsp3) is 0.318. The van der Waals surface area contributed by atoms with Crippen LogP contribution in [0.2, 0.25) is 0 Å². The molecular formula is C22H23FN2O2. The van der Waals surface area contributed by atoms with Gasteiger partial charge in [0.1, 0.15) is 11.6 Å². The molecule has 27 heavy (non-hydrogen) atoms. The number of fused-ring (bicyclic) bond motifs is 2. The third-order valence-electron chi connectivity index (χ3n) is 5.65. The Kier molecular flexibility index (Phi) is 4.70. The summed E-state index contributed by atoms with van der Waals surface area (Å²) >= 11 is 0. The van der Waals surface area contributed by atoms with Gasteiger partial charge in [0.25, 0.3) is 0 Å². The van der Waals surface area contributed by atoms with Gasteiger partial charge in [-0.3, -0.25) is 4.79 Å². The van der Waals surface area contributed by atoms with E-state index < -0.39 is 0 Å². The highest BCUT2D eigenvalue weighted by atomic mass is 19.1. The Labute approximate surface area is 158 Å². The van der Waals surface area contributed by atoms with E-state index in [0.29, 0.717) is 31.8 Å². The number of carbonyl (C=O) groups excluding carboxylic acids is 1. The maximum Gasteiger partial charge on any atom is 0.246 e. The summed E-state index contributed by atoms with van der Waals surface area (Å²) in [6, 6.07) is 12.4. The number of hydrogen-bond acceptors (Lipinski definition) is 3. The molecule has 2 aliphatic rings. The van der Waals surface area contributed by atoms with E-state index in [0.717, 1.165) is 24.2 Å². The fourth-order valence-electron chi connectivity index (χ4n) is 3.99. The van der Waals surface area contributed by atoms with Gasteiger partial charge in [0.2, 0.25) is 5.91 Å². The van der Waals surface area contributed by atoms with Crippen molar-refractivity contribution in [3.05, 3.63) is 71.0 Å². The van der Waals surface area contributed by atoms with E-state index >= 15 is 0 Å². The van der Waals surface area contributed by atoms with Gasteiger partial charge in [-0.25, -0.2) is 4.39 Å². The Morgan fingerprint density at radius 3 is 2.78 bits per heavy atom. The van der Waals surface area contributed by atoms with Crippen molar-refractivity contribution in [3.63, 3.8) is 0 Å². The zero-order valence-corrected chi connectivity index (χ0v) is 15.2. The van der Waals surface area contributed by atoms with Crippen molar-refractivity contribution in [3.8, 4) is 5.75 Å². The zero-order valence-electron chi connectivity index (χ0n) is 15.2. The molecule has 1 fully saturated rings. The minimum atomic E-state index is -0.304. The lowest BCUT2D eigenvalue weighted by molar-refractivity contribution is -0.127. The largest absolute Gasteiger partial charge is 0.492 e. The number of benzene rings is 2. The number of nitrogens with zero attached hydrogens (tertiary/aromatic N) is 1. The molecule has 5 heteroatoms. The first kappa shape index (κ1) is 17.7. The lowest BCUT2D eigenvalue weighted by Crippen LogP contribution is -2.45. The van der Waals surface area contributed by atoms with Gasteiger partial charge in [-0.15, -0.1) is 0 Å². The van der Waals surface area contributed by atoms with Gasteiger partial charge < -0.3 is 15.4 Å². The molecule has 2 aromatic carbocycles. The summed E-state index contributed by atoms with van der Waals surface area (Å²) in [5, 5.41) is 0. The molecule has 140 valence electrons. The maximum atomic E-state index is 13.2. The lowest BCUT2D eigenvalue weighted by atomic mass is 9.74. The minimum Gasteiger partial charge on any atom is -0.492 e. The number of carbonyl (C=O) groups is 1. The number of amides is 1. The van der Waals surface area contributed by atoms with Crippen LogP contribution in [0.3, 0.4) is 0 Å². The Bertz CT molecular complexity index is 886. The molecule has 2 N–H and O–H groups in total. The van der Waals surface area contributed by atoms with Crippen LogP contribution in [0, 0.1) is 5.82 Å². The van der Waals surface area contributed by atoms with Crippen molar-refractivity contribution in [2.45, 2.75) is 24.8 Å². The average Bonchev–Trinajstić information content (AvgIpc) is 3.04. The van der Waals surface area contributed by atoms with Crippen LogP contribution >= 0.6 is 0 Å². The van der Waals surface area contributed by atoms with Crippen LogP contribution < -0.4 is 10.5 Å². The SMILES string of the molecule is NCc1ccc2c(c1)C1(CCN(C(=O)C=Cc3cccc(F)c3)CC1)CO2. The van der Waals surface area contributed by atoms with E-state index in [4.69, 9.17) is 10.5 Å². The standard InChI is InChI=1S/C22H23FN2O2/c23-18-3-1-2-16(12-18)5-7-21(26)25-10-8-22(9-11-25)15-27-20-6-4-17(14-24)13-19(20)22/h1-7,12-13H,8-11,14-15,24H2. The van der Waals surface area contributed by atoms with Gasteiger partial charge in [-0.1, -0.05) is 24.3 Å². The van der Waals surface area contributed by atoms with Gasteiger partial charge in [0, 0.05) is 36.7 Å². The molecule has 0 unspecified atom stereocenters. The number of nitrogens with two attached hydrogens (primary N) is 1. The number of rotatable bonds is 3. The summed E-state index contributed by atoms with van der Waals surface area (Å²) in [4.78, 5) is 14.4. The first-order chi connectivity index (χ1) is 13.1. The van der Waals surface area contributed by atoms with Crippen LogP contribution in [0.4, 0.5) is 4.39 Å². The topological polar surface area (TPSA) is 55.6 Å². The van der Waals surface area contributed by atoms with E-state index in [9.17, 15) is 9.18 Å². The summed E-state index contributed by atoms with van der Waals surface area (Å²) in [6.45, 7) is 2.54. The predicted octanol–water partition coefficient (Wildman–Crippen LogP) is 3.25. The van der Waals surface area contributed by atoms with E-state index in [-0.39, 0.29) is 17.1 Å². The molecule has 1 spiro atoms. The number of likely N-dealkylation sites (tertiary alicyclic amines) is 1. The third-order valence-corrected chi connectivity index (χ3v) is 5.65. The molecule has 1 saturated heterocycles. The molecule has 0 radical (unpaired) electrons. The lowest BCUT2D eigenvalue weighted by Gasteiger charge is -2.38. The summed E-state index contributed by atoms with van der Waals surface area (Å²) in [6.07, 6.45) is 4.93. The molecule has 2 aromatic rings. The highest BCUT2D eigenvalue weighted by Crippen LogP contribution is 2.45. The van der Waals surface area contributed by atoms with E-state index in [1.165, 1.54) is 23.8 Å². The monoisotopic (exact) mass is 366 g/mol. The summed E-state index contributed by atoms with van der Waals surface area (Å²) in [5.41, 5.74) is 8.79. The fourth-order valence-corrected chi connectivity index (χ4v) is 3.99. The second-order valence-electron chi connectivity index (χ2n) is 7.32. The predicted molar refractivity (Wildman–Crippen MR) is 103 cm³/mol. The number of ether oxygens (including phenoxy) is 1. The van der Waals surface area contributed by atoms with E-state index in [2.05, 4.69) is 6.07 Å². The maximum absolute atomic E-state index is 13.2. The molecular weight excluding hydrogens is 343 g/mol. The number of piperidine rings is 1. The van der Waals surface area contributed by atoms with E-state index in [1.54, 1.807) is 18.2 Å². The highest BCUT2D eigenvalue weighted by molar-refractivity contribution is 5.91. The van der Waals surface area contributed by atoms with Gasteiger partial charge in [-0.2, -0.15) is 0 Å². The van der Waals surface area contributed by atoms with Crippen molar-refractivity contribution in [1.29, 1.82) is 0 Å². The zero-order chi connectivity index (χ0) is 18.9. The van der Waals surface area contributed by atoms with Crippen molar-refractivity contribution in [2.75, 3.05) is 19.7 Å². The summed E-state index contributed by atoms with van der Waals surface area (Å²) < 4.78 is 19.2.